The second kappa shape index (κ2) is 5.57. The molecule has 0 aliphatic heterocycles. The van der Waals surface area contributed by atoms with Gasteiger partial charge in [-0.2, -0.15) is 0 Å². The van der Waals surface area contributed by atoms with Crippen molar-refractivity contribution in [3.63, 3.8) is 0 Å². The molecule has 1 aromatic carbocycles. The first-order chi connectivity index (χ1) is 8.63. The molecule has 1 rings (SSSR count). The lowest BCUT2D eigenvalue weighted by molar-refractivity contribution is 0.490. The molecule has 0 amide bonds. The Hall–Kier alpha value is -1.61. The van der Waals surface area contributed by atoms with E-state index in [1.807, 2.05) is 4.72 Å². The van der Waals surface area contributed by atoms with Crippen LogP contribution in [0.15, 0.2) is 17.0 Å². The highest BCUT2D eigenvalue weighted by atomic mass is 32.2. The number of hydrogen-bond donors (Lipinski definition) is 3. The smallest absolute Gasteiger partial charge is 0.246 e. The molecule has 0 saturated heterocycles. The van der Waals surface area contributed by atoms with Gasteiger partial charge in [-0.05, 0) is 6.92 Å². The standard InChI is InChI=1S/C10H12F3N3O2S/c1-5(2-9(14)15)16-19(17,18)10-7(12)3-6(11)4-8(10)13/h3-5,16H,2H2,1H3,(H3,14,15). The molecule has 0 saturated carbocycles. The molecule has 106 valence electrons. The number of benzene rings is 1. The van der Waals surface area contributed by atoms with Gasteiger partial charge in [-0.3, -0.25) is 5.41 Å². The fourth-order valence-electron chi connectivity index (χ4n) is 1.48. The summed E-state index contributed by atoms with van der Waals surface area (Å²) in [6.07, 6.45) is -0.121. The molecule has 0 radical (unpaired) electrons. The molecule has 1 aromatic rings. The zero-order valence-electron chi connectivity index (χ0n) is 9.88. The number of amidine groups is 1. The summed E-state index contributed by atoms with van der Waals surface area (Å²) in [4.78, 5) is -1.26. The van der Waals surface area contributed by atoms with Crippen LogP contribution in [0.3, 0.4) is 0 Å². The first-order valence-electron chi connectivity index (χ1n) is 5.13. The molecule has 1 unspecified atom stereocenters. The molecular formula is C10H12F3N3O2S. The highest BCUT2D eigenvalue weighted by Crippen LogP contribution is 2.20. The quantitative estimate of drug-likeness (QED) is 0.560. The van der Waals surface area contributed by atoms with Crippen LogP contribution in [-0.4, -0.2) is 20.3 Å². The summed E-state index contributed by atoms with van der Waals surface area (Å²) in [5.41, 5.74) is 5.08. The number of halogens is 3. The lowest BCUT2D eigenvalue weighted by atomic mass is 10.2. The maximum absolute atomic E-state index is 13.4. The number of nitrogens with two attached hydrogens (primary N) is 1. The highest BCUT2D eigenvalue weighted by molar-refractivity contribution is 7.89. The maximum Gasteiger partial charge on any atom is 0.246 e. The molecule has 0 fully saturated rings. The van der Waals surface area contributed by atoms with Gasteiger partial charge in [0.15, 0.2) is 4.90 Å². The van der Waals surface area contributed by atoms with Gasteiger partial charge in [0.2, 0.25) is 10.0 Å². The Kier molecular flexibility index (Phi) is 4.53. The van der Waals surface area contributed by atoms with E-state index < -0.39 is 38.4 Å². The highest BCUT2D eigenvalue weighted by Gasteiger charge is 2.26. The summed E-state index contributed by atoms with van der Waals surface area (Å²) in [5.74, 6) is -4.55. The fourth-order valence-corrected chi connectivity index (χ4v) is 2.84. The molecule has 0 aliphatic rings. The predicted octanol–water partition coefficient (Wildman–Crippen LogP) is 1.10. The number of sulfonamides is 1. The van der Waals surface area contributed by atoms with Crippen LogP contribution in [0.5, 0.6) is 0 Å². The minimum Gasteiger partial charge on any atom is -0.388 e. The van der Waals surface area contributed by atoms with E-state index in [0.717, 1.165) is 0 Å². The normalized spacial score (nSPS) is 13.3. The number of nitrogens with one attached hydrogen (secondary N) is 2. The van der Waals surface area contributed by atoms with Crippen LogP contribution in [0, 0.1) is 22.9 Å². The summed E-state index contributed by atoms with van der Waals surface area (Å²) < 4.78 is 64.9. The van der Waals surface area contributed by atoms with E-state index in [1.54, 1.807) is 0 Å². The van der Waals surface area contributed by atoms with E-state index >= 15 is 0 Å². The molecule has 19 heavy (non-hydrogen) atoms. The Morgan fingerprint density at radius 1 is 1.37 bits per heavy atom. The Balaban J connectivity index is 3.11. The molecule has 0 heterocycles. The second-order valence-electron chi connectivity index (χ2n) is 3.95. The Bertz CT molecular complexity index is 581. The average Bonchev–Trinajstić information content (AvgIpc) is 2.10. The third-order valence-electron chi connectivity index (χ3n) is 2.11. The van der Waals surface area contributed by atoms with Crippen LogP contribution < -0.4 is 10.5 Å². The monoisotopic (exact) mass is 295 g/mol. The lowest BCUT2D eigenvalue weighted by Crippen LogP contribution is -2.36. The van der Waals surface area contributed by atoms with Crippen LogP contribution >= 0.6 is 0 Å². The third-order valence-corrected chi connectivity index (χ3v) is 3.75. The van der Waals surface area contributed by atoms with E-state index in [1.165, 1.54) is 6.92 Å². The van der Waals surface area contributed by atoms with Crippen LogP contribution in [0.1, 0.15) is 13.3 Å². The largest absolute Gasteiger partial charge is 0.388 e. The van der Waals surface area contributed by atoms with Crippen molar-refractivity contribution in [2.75, 3.05) is 0 Å². The van der Waals surface area contributed by atoms with Gasteiger partial charge < -0.3 is 5.73 Å². The van der Waals surface area contributed by atoms with Crippen molar-refractivity contribution in [3.05, 3.63) is 29.6 Å². The van der Waals surface area contributed by atoms with E-state index in [2.05, 4.69) is 0 Å². The van der Waals surface area contributed by atoms with Gasteiger partial charge in [0.05, 0.1) is 5.84 Å². The molecule has 0 bridgehead atoms. The summed E-state index contributed by atoms with van der Waals surface area (Å²) in [5, 5.41) is 7.00. The van der Waals surface area contributed by atoms with Gasteiger partial charge in [0, 0.05) is 24.6 Å². The summed E-state index contributed by atoms with van der Waals surface area (Å²) in [7, 11) is -4.50. The SMILES string of the molecule is CC(CC(=N)N)NS(=O)(=O)c1c(F)cc(F)cc1F. The van der Waals surface area contributed by atoms with E-state index in [4.69, 9.17) is 11.1 Å². The van der Waals surface area contributed by atoms with Gasteiger partial charge >= 0.3 is 0 Å². The van der Waals surface area contributed by atoms with Gasteiger partial charge in [-0.1, -0.05) is 0 Å². The van der Waals surface area contributed by atoms with Gasteiger partial charge in [-0.15, -0.1) is 0 Å². The molecule has 0 aliphatic carbocycles. The van der Waals surface area contributed by atoms with Crippen LogP contribution in [0.4, 0.5) is 13.2 Å². The molecular weight excluding hydrogens is 283 g/mol. The summed E-state index contributed by atoms with van der Waals surface area (Å²) in [6.45, 7) is 1.37. The van der Waals surface area contributed by atoms with Crippen LogP contribution in [0.2, 0.25) is 0 Å². The van der Waals surface area contributed by atoms with E-state index in [0.29, 0.717) is 0 Å². The van der Waals surface area contributed by atoms with E-state index in [-0.39, 0.29) is 24.4 Å². The van der Waals surface area contributed by atoms with Gasteiger partial charge in [0.1, 0.15) is 17.5 Å². The van der Waals surface area contributed by atoms with Gasteiger partial charge in [-0.25, -0.2) is 26.3 Å². The zero-order valence-corrected chi connectivity index (χ0v) is 10.7. The van der Waals surface area contributed by atoms with Crippen molar-refractivity contribution >= 4 is 15.9 Å². The van der Waals surface area contributed by atoms with Crippen LogP contribution in [0.25, 0.3) is 0 Å². The van der Waals surface area contributed by atoms with Crippen molar-refractivity contribution in [1.29, 1.82) is 5.41 Å². The Morgan fingerprint density at radius 2 is 1.84 bits per heavy atom. The minimum atomic E-state index is -4.50. The van der Waals surface area contributed by atoms with Crippen molar-refractivity contribution in [1.82, 2.24) is 4.72 Å². The minimum absolute atomic E-state index is 0.121. The third kappa shape index (κ3) is 3.93. The molecule has 1 atom stereocenters. The molecule has 5 nitrogen and oxygen atoms in total. The van der Waals surface area contributed by atoms with Gasteiger partial charge in [0.25, 0.3) is 0 Å². The van der Waals surface area contributed by atoms with Crippen LogP contribution in [-0.2, 0) is 10.0 Å². The van der Waals surface area contributed by atoms with E-state index in [9.17, 15) is 21.6 Å². The molecule has 0 aromatic heterocycles. The number of rotatable bonds is 5. The fraction of sp³-hybridized carbons (Fsp3) is 0.300. The van der Waals surface area contributed by atoms with Crippen molar-refractivity contribution in [2.24, 2.45) is 5.73 Å². The first kappa shape index (κ1) is 15.4. The summed E-state index contributed by atoms with van der Waals surface area (Å²) >= 11 is 0. The topological polar surface area (TPSA) is 96.0 Å². The molecule has 4 N–H and O–H groups in total. The first-order valence-corrected chi connectivity index (χ1v) is 6.61. The van der Waals surface area contributed by atoms with Crippen molar-refractivity contribution in [3.8, 4) is 0 Å². The maximum atomic E-state index is 13.4. The Morgan fingerprint density at radius 3 is 2.26 bits per heavy atom. The number of hydrogen-bond acceptors (Lipinski definition) is 3. The second-order valence-corrected chi connectivity index (χ2v) is 5.60. The Labute approximate surface area is 108 Å². The molecule has 9 heteroatoms. The predicted molar refractivity (Wildman–Crippen MR) is 62.6 cm³/mol. The molecule has 0 spiro atoms. The lowest BCUT2D eigenvalue weighted by Gasteiger charge is -2.14. The van der Waals surface area contributed by atoms with Crippen molar-refractivity contribution in [2.45, 2.75) is 24.3 Å². The average molecular weight is 295 g/mol. The zero-order chi connectivity index (χ0) is 14.8. The summed E-state index contributed by atoms with van der Waals surface area (Å²) in [6, 6.07) is -0.285. The van der Waals surface area contributed by atoms with Crippen molar-refractivity contribution < 1.29 is 21.6 Å².